The van der Waals surface area contributed by atoms with Gasteiger partial charge in [-0.05, 0) is 31.9 Å². The molecule has 0 atom stereocenters. The van der Waals surface area contributed by atoms with E-state index < -0.39 is 0 Å². The number of hydrogen-bond acceptors (Lipinski definition) is 2. The van der Waals surface area contributed by atoms with Crippen LogP contribution >= 0.6 is 11.6 Å². The molecule has 2 heterocycles. The van der Waals surface area contributed by atoms with Crippen LogP contribution in [0.5, 0.6) is 0 Å². The van der Waals surface area contributed by atoms with E-state index >= 15 is 0 Å². The van der Waals surface area contributed by atoms with Gasteiger partial charge in [0.2, 0.25) is 0 Å². The summed E-state index contributed by atoms with van der Waals surface area (Å²) in [5.74, 6) is 0. The van der Waals surface area contributed by atoms with Gasteiger partial charge in [0.1, 0.15) is 0 Å². The molecule has 4 heteroatoms. The lowest BCUT2D eigenvalue weighted by molar-refractivity contribution is 0.112. The molecule has 1 aliphatic carbocycles. The number of aromatic nitrogens is 2. The predicted molar refractivity (Wildman–Crippen MR) is 71.1 cm³/mol. The summed E-state index contributed by atoms with van der Waals surface area (Å²) >= 11 is 6.37. The second-order valence-corrected chi connectivity index (χ2v) is 4.99. The zero-order valence-corrected chi connectivity index (χ0v) is 10.8. The molecule has 0 spiro atoms. The van der Waals surface area contributed by atoms with Crippen LogP contribution in [0.3, 0.4) is 0 Å². The van der Waals surface area contributed by atoms with Crippen LogP contribution in [0.15, 0.2) is 24.5 Å². The maximum absolute atomic E-state index is 11.2. The summed E-state index contributed by atoms with van der Waals surface area (Å²) in [6, 6.07) is 4.33. The quantitative estimate of drug-likeness (QED) is 0.790. The Bertz CT molecular complexity index is 600. The molecule has 3 nitrogen and oxygen atoms in total. The third-order valence-electron chi connectivity index (χ3n) is 3.42. The smallest absolute Gasteiger partial charge is 0.153 e. The van der Waals surface area contributed by atoms with Crippen molar-refractivity contribution in [2.24, 2.45) is 0 Å². The van der Waals surface area contributed by atoms with Gasteiger partial charge in [0.15, 0.2) is 6.29 Å². The lowest BCUT2D eigenvalue weighted by Gasteiger charge is -2.10. The van der Waals surface area contributed by atoms with Crippen molar-refractivity contribution < 1.29 is 4.79 Å². The van der Waals surface area contributed by atoms with Crippen molar-refractivity contribution in [3.05, 3.63) is 40.8 Å². The van der Waals surface area contributed by atoms with Gasteiger partial charge in [-0.1, -0.05) is 11.6 Å². The SMILES string of the molecule is Cc1c(C=O)c(Cl)c(-c2ccncc2)n1C1CC1. The van der Waals surface area contributed by atoms with Crippen LogP contribution in [-0.2, 0) is 0 Å². The Hall–Kier alpha value is -1.61. The molecule has 18 heavy (non-hydrogen) atoms. The van der Waals surface area contributed by atoms with Gasteiger partial charge < -0.3 is 4.57 Å². The molecule has 0 N–H and O–H groups in total. The summed E-state index contributed by atoms with van der Waals surface area (Å²) in [4.78, 5) is 15.2. The predicted octanol–water partition coefficient (Wildman–Crippen LogP) is 3.66. The zero-order valence-electron chi connectivity index (χ0n) is 10.1. The van der Waals surface area contributed by atoms with Crippen molar-refractivity contribution in [3.8, 4) is 11.3 Å². The first-order valence-corrected chi connectivity index (χ1v) is 6.37. The monoisotopic (exact) mass is 260 g/mol. The number of aldehydes is 1. The van der Waals surface area contributed by atoms with E-state index in [0.717, 1.165) is 36.1 Å². The first-order chi connectivity index (χ1) is 8.74. The molecule has 0 aliphatic heterocycles. The van der Waals surface area contributed by atoms with Crippen molar-refractivity contribution in [1.82, 2.24) is 9.55 Å². The third-order valence-corrected chi connectivity index (χ3v) is 3.80. The molecule has 0 amide bonds. The molecule has 0 saturated heterocycles. The normalized spacial score (nSPS) is 14.8. The molecule has 2 aromatic rings. The Balaban J connectivity index is 2.27. The molecule has 2 aromatic heterocycles. The van der Waals surface area contributed by atoms with Crippen LogP contribution in [0.4, 0.5) is 0 Å². The highest BCUT2D eigenvalue weighted by Crippen LogP contribution is 2.44. The molecule has 0 bridgehead atoms. The fourth-order valence-corrected chi connectivity index (χ4v) is 2.77. The highest BCUT2D eigenvalue weighted by Gasteiger charge is 2.31. The second-order valence-electron chi connectivity index (χ2n) is 4.62. The Morgan fingerprint density at radius 1 is 1.39 bits per heavy atom. The summed E-state index contributed by atoms with van der Waals surface area (Å²) < 4.78 is 2.20. The summed E-state index contributed by atoms with van der Waals surface area (Å²) in [6.45, 7) is 1.96. The van der Waals surface area contributed by atoms with E-state index in [4.69, 9.17) is 11.6 Å². The standard InChI is InChI=1S/C14H13ClN2O/c1-9-12(8-18)13(15)14(17(9)11-2-3-11)10-4-6-16-7-5-10/h4-8,11H,2-3H2,1H3. The minimum absolute atomic E-state index is 0.486. The van der Waals surface area contributed by atoms with Gasteiger partial charge in [0.05, 0.1) is 16.3 Å². The van der Waals surface area contributed by atoms with Crippen molar-refractivity contribution in [2.75, 3.05) is 0 Å². The molecule has 0 radical (unpaired) electrons. The topological polar surface area (TPSA) is 34.9 Å². The zero-order chi connectivity index (χ0) is 12.7. The lowest BCUT2D eigenvalue weighted by atomic mass is 10.2. The van der Waals surface area contributed by atoms with Crippen molar-refractivity contribution in [1.29, 1.82) is 0 Å². The van der Waals surface area contributed by atoms with Crippen LogP contribution in [0, 0.1) is 6.92 Å². The molecule has 0 aromatic carbocycles. The van der Waals surface area contributed by atoms with E-state index in [9.17, 15) is 4.79 Å². The number of carbonyl (C=O) groups excluding carboxylic acids is 1. The number of nitrogens with zero attached hydrogens (tertiary/aromatic N) is 2. The average Bonchev–Trinajstić information content (AvgIpc) is 3.18. The van der Waals surface area contributed by atoms with E-state index in [1.807, 2.05) is 19.1 Å². The summed E-state index contributed by atoms with van der Waals surface area (Å²) in [5.41, 5.74) is 3.53. The fraction of sp³-hybridized carbons (Fsp3) is 0.286. The van der Waals surface area contributed by atoms with Gasteiger partial charge >= 0.3 is 0 Å². The van der Waals surface area contributed by atoms with Gasteiger partial charge in [0.25, 0.3) is 0 Å². The largest absolute Gasteiger partial charge is 0.340 e. The minimum atomic E-state index is 0.486. The maximum atomic E-state index is 11.2. The minimum Gasteiger partial charge on any atom is -0.340 e. The van der Waals surface area contributed by atoms with E-state index in [-0.39, 0.29) is 0 Å². The summed E-state index contributed by atoms with van der Waals surface area (Å²) in [5, 5.41) is 0.556. The Kier molecular flexibility index (Phi) is 2.71. The fourth-order valence-electron chi connectivity index (χ4n) is 2.39. The van der Waals surface area contributed by atoms with Crippen LogP contribution in [0.25, 0.3) is 11.3 Å². The van der Waals surface area contributed by atoms with Crippen molar-refractivity contribution in [3.63, 3.8) is 0 Å². The molecule has 1 fully saturated rings. The number of hydrogen-bond donors (Lipinski definition) is 0. The first kappa shape index (κ1) is 11.5. The first-order valence-electron chi connectivity index (χ1n) is 6.00. The highest BCUT2D eigenvalue weighted by molar-refractivity contribution is 6.35. The molecular weight excluding hydrogens is 248 g/mol. The molecule has 3 rings (SSSR count). The number of carbonyl (C=O) groups is 1. The van der Waals surface area contributed by atoms with Crippen LogP contribution in [0.1, 0.15) is 34.9 Å². The molecular formula is C14H13ClN2O. The molecule has 92 valence electrons. The van der Waals surface area contributed by atoms with Crippen molar-refractivity contribution >= 4 is 17.9 Å². The van der Waals surface area contributed by atoms with Gasteiger partial charge in [0, 0.05) is 29.7 Å². The van der Waals surface area contributed by atoms with Crippen LogP contribution in [0.2, 0.25) is 5.02 Å². The van der Waals surface area contributed by atoms with E-state index in [1.54, 1.807) is 12.4 Å². The molecule has 1 aliphatic rings. The van der Waals surface area contributed by atoms with E-state index in [2.05, 4.69) is 9.55 Å². The highest BCUT2D eigenvalue weighted by atomic mass is 35.5. The lowest BCUT2D eigenvalue weighted by Crippen LogP contribution is -1.99. The maximum Gasteiger partial charge on any atom is 0.153 e. The van der Waals surface area contributed by atoms with Gasteiger partial charge in [-0.25, -0.2) is 0 Å². The third kappa shape index (κ3) is 1.66. The number of halogens is 1. The van der Waals surface area contributed by atoms with Crippen LogP contribution < -0.4 is 0 Å². The van der Waals surface area contributed by atoms with Gasteiger partial charge in [-0.2, -0.15) is 0 Å². The number of pyridine rings is 1. The molecule has 0 unspecified atom stereocenters. The number of rotatable bonds is 3. The Morgan fingerprint density at radius 2 is 2.06 bits per heavy atom. The van der Waals surface area contributed by atoms with Crippen LogP contribution in [-0.4, -0.2) is 15.8 Å². The summed E-state index contributed by atoms with van der Waals surface area (Å²) in [6.07, 6.45) is 6.64. The van der Waals surface area contributed by atoms with Gasteiger partial charge in [-0.15, -0.1) is 0 Å². The van der Waals surface area contributed by atoms with Gasteiger partial charge in [-0.3, -0.25) is 9.78 Å². The van der Waals surface area contributed by atoms with E-state index in [0.29, 0.717) is 16.6 Å². The van der Waals surface area contributed by atoms with Crippen molar-refractivity contribution in [2.45, 2.75) is 25.8 Å². The average molecular weight is 261 g/mol. The Morgan fingerprint density at radius 3 is 2.61 bits per heavy atom. The van der Waals surface area contributed by atoms with E-state index in [1.165, 1.54) is 0 Å². The summed E-state index contributed by atoms with van der Waals surface area (Å²) in [7, 11) is 0. The molecule has 1 saturated carbocycles. The Labute approximate surface area is 110 Å². The second kappa shape index (κ2) is 4.25.